The minimum atomic E-state index is -0.360. The summed E-state index contributed by atoms with van der Waals surface area (Å²) in [6.45, 7) is 2.15. The third-order valence-electron chi connectivity index (χ3n) is 2.17. The van der Waals surface area contributed by atoms with E-state index in [0.717, 1.165) is 0 Å². The molecule has 0 fully saturated rings. The molecule has 0 radical (unpaired) electrons. The molecule has 5 nitrogen and oxygen atoms in total. The minimum absolute atomic E-state index is 0.135. The van der Waals surface area contributed by atoms with Gasteiger partial charge in [0.15, 0.2) is 24.4 Å². The molecule has 1 rings (SSSR count). The van der Waals surface area contributed by atoms with Crippen molar-refractivity contribution in [1.29, 1.82) is 0 Å². The van der Waals surface area contributed by atoms with Crippen LogP contribution >= 0.6 is 0 Å². The highest BCUT2D eigenvalue weighted by molar-refractivity contribution is 5.82. The van der Waals surface area contributed by atoms with E-state index in [9.17, 15) is 9.59 Å². The lowest BCUT2D eigenvalue weighted by Gasteiger charge is -2.13. The molecule has 19 heavy (non-hydrogen) atoms. The first kappa shape index (κ1) is 14.6. The summed E-state index contributed by atoms with van der Waals surface area (Å²) in [6, 6.07) is 4.94. The van der Waals surface area contributed by atoms with Crippen molar-refractivity contribution in [3.63, 3.8) is 0 Å². The van der Waals surface area contributed by atoms with Gasteiger partial charge < -0.3 is 14.8 Å². The Morgan fingerprint density at radius 1 is 1.47 bits per heavy atom. The van der Waals surface area contributed by atoms with Crippen molar-refractivity contribution in [1.82, 2.24) is 5.32 Å². The van der Waals surface area contributed by atoms with Gasteiger partial charge in [0.2, 0.25) is 0 Å². The molecule has 1 N–H and O–H groups in total. The summed E-state index contributed by atoms with van der Waals surface area (Å²) in [4.78, 5) is 22.3. The number of amides is 1. The largest absolute Gasteiger partial charge is 0.490 e. The molecule has 1 aromatic carbocycles. The second-order valence-corrected chi connectivity index (χ2v) is 3.49. The number of nitrogens with one attached hydrogen (secondary N) is 1. The van der Waals surface area contributed by atoms with Crippen molar-refractivity contribution in [3.8, 4) is 23.8 Å². The maximum absolute atomic E-state index is 11.4. The molecule has 0 saturated heterocycles. The highest BCUT2D eigenvalue weighted by atomic mass is 16.5. The lowest BCUT2D eigenvalue weighted by molar-refractivity contribution is -0.122. The molecule has 0 heterocycles. The van der Waals surface area contributed by atoms with E-state index in [1.165, 1.54) is 0 Å². The maximum Gasteiger partial charge on any atom is 0.258 e. The molecular formula is C14H15NO4. The van der Waals surface area contributed by atoms with Crippen LogP contribution in [0.2, 0.25) is 0 Å². The lowest BCUT2D eigenvalue weighted by atomic mass is 10.2. The zero-order valence-electron chi connectivity index (χ0n) is 10.6. The number of rotatable bonds is 7. The van der Waals surface area contributed by atoms with Crippen LogP contribution in [0.1, 0.15) is 17.3 Å². The Bertz CT molecular complexity index is 491. The van der Waals surface area contributed by atoms with Crippen molar-refractivity contribution < 1.29 is 19.1 Å². The van der Waals surface area contributed by atoms with Gasteiger partial charge in [-0.1, -0.05) is 12.0 Å². The molecule has 0 bridgehead atoms. The maximum atomic E-state index is 11.4. The summed E-state index contributed by atoms with van der Waals surface area (Å²) in [5.74, 6) is 2.61. The molecule has 1 aromatic rings. The van der Waals surface area contributed by atoms with Crippen LogP contribution in [0.15, 0.2) is 18.2 Å². The molecule has 0 aliphatic heterocycles. The fourth-order valence-corrected chi connectivity index (χ4v) is 1.39. The van der Waals surface area contributed by atoms with Crippen molar-refractivity contribution in [3.05, 3.63) is 23.8 Å². The van der Waals surface area contributed by atoms with Gasteiger partial charge in [-0.2, -0.15) is 0 Å². The Labute approximate surface area is 111 Å². The van der Waals surface area contributed by atoms with Crippen LogP contribution in [-0.2, 0) is 4.79 Å². The predicted octanol–water partition coefficient (Wildman–Crippen LogP) is 1.03. The number of ether oxygens (including phenoxy) is 2. The molecule has 0 spiro atoms. The summed E-state index contributed by atoms with van der Waals surface area (Å²) in [6.07, 6.45) is 5.67. The number of terminal acetylenes is 1. The third-order valence-corrected chi connectivity index (χ3v) is 2.17. The Balaban J connectivity index is 2.78. The number of hydrogen-bond donors (Lipinski definition) is 1. The predicted molar refractivity (Wildman–Crippen MR) is 70.3 cm³/mol. The van der Waals surface area contributed by atoms with Crippen molar-refractivity contribution >= 4 is 12.2 Å². The van der Waals surface area contributed by atoms with Gasteiger partial charge in [0, 0.05) is 0 Å². The van der Waals surface area contributed by atoms with E-state index in [0.29, 0.717) is 24.2 Å². The van der Waals surface area contributed by atoms with Gasteiger partial charge in [-0.05, 0) is 19.1 Å². The van der Waals surface area contributed by atoms with Gasteiger partial charge in [-0.15, -0.1) is 6.42 Å². The summed E-state index contributed by atoms with van der Waals surface area (Å²) < 4.78 is 10.7. The van der Waals surface area contributed by atoms with Crippen molar-refractivity contribution in [2.45, 2.75) is 6.92 Å². The summed E-state index contributed by atoms with van der Waals surface area (Å²) >= 11 is 0. The Kier molecular flexibility index (Phi) is 5.96. The van der Waals surface area contributed by atoms with E-state index in [4.69, 9.17) is 15.9 Å². The number of benzene rings is 1. The standard InChI is InChI=1S/C14H15NO4/c1-3-8-15-13(17)10-19-14-11(9-16)6-5-7-12(14)18-4-2/h1,5-7,9H,4,8,10H2,2H3,(H,15,17). The van der Waals surface area contributed by atoms with Crippen LogP contribution < -0.4 is 14.8 Å². The van der Waals surface area contributed by atoms with Crippen molar-refractivity contribution in [2.75, 3.05) is 19.8 Å². The highest BCUT2D eigenvalue weighted by Gasteiger charge is 2.12. The first-order valence-corrected chi connectivity index (χ1v) is 5.76. The monoisotopic (exact) mass is 261 g/mol. The molecule has 0 aromatic heterocycles. The Hall–Kier alpha value is -2.48. The quantitative estimate of drug-likeness (QED) is 0.588. The second kappa shape index (κ2) is 7.77. The van der Waals surface area contributed by atoms with Crippen LogP contribution in [0.4, 0.5) is 0 Å². The molecule has 0 unspecified atom stereocenters. The van der Waals surface area contributed by atoms with Crippen LogP contribution in [0.25, 0.3) is 0 Å². The average Bonchev–Trinajstić information content (AvgIpc) is 2.43. The Morgan fingerprint density at radius 3 is 2.89 bits per heavy atom. The zero-order chi connectivity index (χ0) is 14.1. The third kappa shape index (κ3) is 4.36. The molecule has 0 saturated carbocycles. The number of hydrogen-bond acceptors (Lipinski definition) is 4. The summed E-state index contributed by atoms with van der Waals surface area (Å²) in [5, 5.41) is 2.46. The van der Waals surface area contributed by atoms with E-state index in [1.54, 1.807) is 18.2 Å². The van der Waals surface area contributed by atoms with Gasteiger partial charge >= 0.3 is 0 Å². The zero-order valence-corrected chi connectivity index (χ0v) is 10.6. The average molecular weight is 261 g/mol. The second-order valence-electron chi connectivity index (χ2n) is 3.49. The normalized spacial score (nSPS) is 9.26. The Morgan fingerprint density at radius 2 is 2.26 bits per heavy atom. The molecule has 0 atom stereocenters. The smallest absolute Gasteiger partial charge is 0.258 e. The number of aldehydes is 1. The molecule has 0 aliphatic rings. The highest BCUT2D eigenvalue weighted by Crippen LogP contribution is 2.30. The topological polar surface area (TPSA) is 64.6 Å². The van der Waals surface area contributed by atoms with Gasteiger partial charge in [0.25, 0.3) is 5.91 Å². The summed E-state index contributed by atoms with van der Waals surface area (Å²) in [7, 11) is 0. The van der Waals surface area contributed by atoms with E-state index >= 15 is 0 Å². The fourth-order valence-electron chi connectivity index (χ4n) is 1.39. The summed E-state index contributed by atoms with van der Waals surface area (Å²) in [5.41, 5.74) is 0.329. The number of carbonyl (C=O) groups is 2. The molecular weight excluding hydrogens is 246 g/mol. The number of para-hydroxylation sites is 1. The van der Waals surface area contributed by atoms with Crippen LogP contribution in [0.5, 0.6) is 11.5 Å². The van der Waals surface area contributed by atoms with Gasteiger partial charge in [-0.25, -0.2) is 0 Å². The van der Waals surface area contributed by atoms with Crippen molar-refractivity contribution in [2.24, 2.45) is 0 Å². The SMILES string of the molecule is C#CCNC(=O)COc1c(C=O)cccc1OCC. The number of carbonyl (C=O) groups excluding carboxylic acids is 2. The molecule has 100 valence electrons. The van der Waals surface area contributed by atoms with Crippen LogP contribution in [-0.4, -0.2) is 32.0 Å². The lowest BCUT2D eigenvalue weighted by Crippen LogP contribution is -2.29. The first-order valence-electron chi connectivity index (χ1n) is 5.76. The fraction of sp³-hybridized carbons (Fsp3) is 0.286. The van der Waals surface area contributed by atoms with E-state index in [2.05, 4.69) is 11.2 Å². The molecule has 1 amide bonds. The van der Waals surface area contributed by atoms with Crippen LogP contribution in [0, 0.1) is 12.3 Å². The van der Waals surface area contributed by atoms with E-state index < -0.39 is 0 Å². The molecule has 5 heteroatoms. The minimum Gasteiger partial charge on any atom is -0.490 e. The van der Waals surface area contributed by atoms with E-state index in [1.807, 2.05) is 6.92 Å². The van der Waals surface area contributed by atoms with Gasteiger partial charge in [-0.3, -0.25) is 9.59 Å². The van der Waals surface area contributed by atoms with Gasteiger partial charge in [0.1, 0.15) is 0 Å². The first-order chi connectivity index (χ1) is 9.22. The van der Waals surface area contributed by atoms with Crippen LogP contribution in [0.3, 0.4) is 0 Å². The molecule has 0 aliphatic carbocycles. The van der Waals surface area contributed by atoms with Gasteiger partial charge in [0.05, 0.1) is 18.7 Å². The van der Waals surface area contributed by atoms with E-state index in [-0.39, 0.29) is 24.8 Å².